The molecule has 1 amide bonds. The summed E-state index contributed by atoms with van der Waals surface area (Å²) < 4.78 is 0. The fourth-order valence-electron chi connectivity index (χ4n) is 2.05. The largest absolute Gasteiger partial charge is 0.352 e. The first-order valence-corrected chi connectivity index (χ1v) is 6.63. The van der Waals surface area contributed by atoms with Crippen LogP contribution in [-0.4, -0.2) is 17.4 Å². The van der Waals surface area contributed by atoms with E-state index in [1.165, 1.54) is 12.5 Å². The highest BCUT2D eigenvalue weighted by Gasteiger charge is 2.22. The van der Waals surface area contributed by atoms with E-state index in [1.807, 2.05) is 0 Å². The van der Waals surface area contributed by atoms with Crippen LogP contribution >= 0.6 is 11.6 Å². The molecule has 0 aromatic heterocycles. The molecule has 0 heterocycles. The maximum atomic E-state index is 12.0. The number of rotatable bonds is 5. The zero-order valence-electron chi connectivity index (χ0n) is 10.7. The lowest BCUT2D eigenvalue weighted by Gasteiger charge is -2.25. The van der Waals surface area contributed by atoms with Crippen molar-refractivity contribution in [1.29, 1.82) is 0 Å². The van der Waals surface area contributed by atoms with Crippen LogP contribution in [0.1, 0.15) is 29.6 Å². The van der Waals surface area contributed by atoms with Gasteiger partial charge in [0.1, 0.15) is 5.69 Å². The van der Waals surface area contributed by atoms with E-state index in [1.54, 1.807) is 0 Å². The van der Waals surface area contributed by atoms with E-state index in [9.17, 15) is 14.9 Å². The Morgan fingerprint density at radius 3 is 2.70 bits per heavy atom. The van der Waals surface area contributed by atoms with Crippen LogP contribution in [-0.2, 0) is 0 Å². The van der Waals surface area contributed by atoms with Gasteiger partial charge < -0.3 is 10.7 Å². The van der Waals surface area contributed by atoms with Gasteiger partial charge in [0.05, 0.1) is 9.95 Å². The van der Waals surface area contributed by atoms with Gasteiger partial charge in [-0.15, -0.1) is 0 Å². The molecule has 1 aliphatic rings. The molecular weight excluding hydrogens is 284 g/mol. The van der Waals surface area contributed by atoms with Crippen LogP contribution in [0.3, 0.4) is 0 Å². The van der Waals surface area contributed by atoms with Gasteiger partial charge in [-0.25, -0.2) is 0 Å². The minimum Gasteiger partial charge on any atom is -0.352 e. The highest BCUT2D eigenvalue weighted by atomic mass is 35.5. The topological polar surface area (TPSA) is 110 Å². The molecule has 0 unspecified atom stereocenters. The molecule has 8 heteroatoms. The summed E-state index contributed by atoms with van der Waals surface area (Å²) >= 11 is 5.90. The second-order valence-electron chi connectivity index (χ2n) is 4.76. The quantitative estimate of drug-likeness (QED) is 0.438. The first-order valence-electron chi connectivity index (χ1n) is 6.25. The number of anilines is 1. The van der Waals surface area contributed by atoms with Crippen molar-refractivity contribution in [2.45, 2.75) is 19.3 Å². The Balaban J connectivity index is 2.18. The van der Waals surface area contributed by atoms with Crippen LogP contribution in [0.4, 0.5) is 11.4 Å². The van der Waals surface area contributed by atoms with Gasteiger partial charge in [0.15, 0.2) is 0 Å². The van der Waals surface area contributed by atoms with Gasteiger partial charge in [-0.2, -0.15) is 0 Å². The number of nitrogen functional groups attached to an aromatic ring is 1. The van der Waals surface area contributed by atoms with Gasteiger partial charge in [-0.05, 0) is 24.8 Å². The molecule has 0 saturated heterocycles. The highest BCUT2D eigenvalue weighted by Crippen LogP contribution is 2.33. The Hall–Kier alpha value is -1.86. The summed E-state index contributed by atoms with van der Waals surface area (Å²) in [6.45, 7) is 0.584. The Labute approximate surface area is 120 Å². The molecule has 1 aromatic carbocycles. The van der Waals surface area contributed by atoms with Crippen molar-refractivity contribution >= 4 is 28.9 Å². The smallest absolute Gasteiger partial charge is 0.295 e. The maximum absolute atomic E-state index is 12.0. The third-order valence-corrected chi connectivity index (χ3v) is 3.75. The van der Waals surface area contributed by atoms with Crippen molar-refractivity contribution in [2.75, 3.05) is 12.0 Å². The van der Waals surface area contributed by atoms with Gasteiger partial charge in [-0.3, -0.25) is 20.8 Å². The predicted molar refractivity (Wildman–Crippen MR) is 75.6 cm³/mol. The number of benzene rings is 1. The van der Waals surface area contributed by atoms with Crippen molar-refractivity contribution in [2.24, 2.45) is 11.8 Å². The molecule has 0 bridgehead atoms. The number of hydrogen-bond acceptors (Lipinski definition) is 5. The van der Waals surface area contributed by atoms with Crippen molar-refractivity contribution in [3.05, 3.63) is 32.8 Å². The molecule has 2 rings (SSSR count). The zero-order chi connectivity index (χ0) is 14.7. The van der Waals surface area contributed by atoms with E-state index in [0.29, 0.717) is 12.5 Å². The number of hydrazine groups is 1. The fourth-order valence-corrected chi connectivity index (χ4v) is 2.32. The third-order valence-electron chi connectivity index (χ3n) is 3.45. The van der Waals surface area contributed by atoms with Crippen LogP contribution in [0.15, 0.2) is 12.1 Å². The molecule has 0 aliphatic heterocycles. The van der Waals surface area contributed by atoms with Crippen LogP contribution in [0, 0.1) is 16.0 Å². The summed E-state index contributed by atoms with van der Waals surface area (Å²) in [5, 5.41) is 13.7. The lowest BCUT2D eigenvalue weighted by molar-refractivity contribution is -0.384. The molecule has 1 fully saturated rings. The fraction of sp³-hybridized carbons (Fsp3) is 0.417. The van der Waals surface area contributed by atoms with Crippen molar-refractivity contribution in [3.8, 4) is 0 Å². The Morgan fingerprint density at radius 2 is 2.20 bits per heavy atom. The van der Waals surface area contributed by atoms with Crippen LogP contribution in [0.5, 0.6) is 0 Å². The lowest BCUT2D eigenvalue weighted by Crippen LogP contribution is -2.32. The molecule has 20 heavy (non-hydrogen) atoms. The number of carbonyl (C=O) groups is 1. The summed E-state index contributed by atoms with van der Waals surface area (Å²) in [6, 6.07) is 2.52. The molecule has 0 spiro atoms. The Kier molecular flexibility index (Phi) is 4.41. The highest BCUT2D eigenvalue weighted by molar-refractivity contribution is 6.34. The van der Waals surface area contributed by atoms with E-state index >= 15 is 0 Å². The van der Waals surface area contributed by atoms with E-state index in [0.717, 1.165) is 18.9 Å². The first kappa shape index (κ1) is 14.5. The van der Waals surface area contributed by atoms with E-state index in [2.05, 4.69) is 10.7 Å². The monoisotopic (exact) mass is 298 g/mol. The lowest BCUT2D eigenvalue weighted by atomic mass is 9.85. The predicted octanol–water partition coefficient (Wildman–Crippen LogP) is 2.06. The van der Waals surface area contributed by atoms with Gasteiger partial charge in [0.25, 0.3) is 11.6 Å². The Bertz CT molecular complexity index is 546. The maximum Gasteiger partial charge on any atom is 0.295 e. The Morgan fingerprint density at radius 1 is 1.50 bits per heavy atom. The van der Waals surface area contributed by atoms with Crippen LogP contribution < -0.4 is 16.6 Å². The molecule has 108 valence electrons. The average molecular weight is 299 g/mol. The number of nitrogens with one attached hydrogen (secondary N) is 2. The van der Waals surface area contributed by atoms with E-state index in [4.69, 9.17) is 17.4 Å². The summed E-state index contributed by atoms with van der Waals surface area (Å²) in [6.07, 6.45) is 3.41. The minimum absolute atomic E-state index is 0.00721. The van der Waals surface area contributed by atoms with Crippen molar-refractivity contribution in [1.82, 2.24) is 5.32 Å². The molecular formula is C12H15ClN4O3. The molecule has 0 radical (unpaired) electrons. The molecule has 7 nitrogen and oxygen atoms in total. The summed E-state index contributed by atoms with van der Waals surface area (Å²) in [7, 11) is 0. The van der Waals surface area contributed by atoms with Gasteiger partial charge in [0, 0.05) is 18.2 Å². The number of carbonyl (C=O) groups excluding carboxylic acids is 1. The third kappa shape index (κ3) is 3.00. The normalized spacial score (nSPS) is 14.5. The summed E-state index contributed by atoms with van der Waals surface area (Å²) in [5.74, 6) is 5.34. The van der Waals surface area contributed by atoms with Gasteiger partial charge >= 0.3 is 0 Å². The summed E-state index contributed by atoms with van der Waals surface area (Å²) in [5.41, 5.74) is 1.99. The number of nitrogens with two attached hydrogens (primary N) is 1. The van der Waals surface area contributed by atoms with E-state index < -0.39 is 4.92 Å². The van der Waals surface area contributed by atoms with Gasteiger partial charge in [0.2, 0.25) is 0 Å². The minimum atomic E-state index is -0.635. The van der Waals surface area contributed by atoms with Crippen LogP contribution in [0.25, 0.3) is 0 Å². The molecule has 1 saturated carbocycles. The van der Waals surface area contributed by atoms with E-state index in [-0.39, 0.29) is 27.9 Å². The first-order chi connectivity index (χ1) is 9.52. The number of amides is 1. The molecule has 4 N–H and O–H groups in total. The van der Waals surface area contributed by atoms with Crippen LogP contribution in [0.2, 0.25) is 5.02 Å². The van der Waals surface area contributed by atoms with Gasteiger partial charge in [-0.1, -0.05) is 18.0 Å². The number of nitrogens with zero attached hydrogens (tertiary/aromatic N) is 1. The second kappa shape index (κ2) is 6.06. The zero-order valence-corrected chi connectivity index (χ0v) is 11.4. The number of halogens is 1. The van der Waals surface area contributed by atoms with Crippen molar-refractivity contribution in [3.63, 3.8) is 0 Å². The second-order valence-corrected chi connectivity index (χ2v) is 5.17. The molecule has 1 aliphatic carbocycles. The number of nitro groups is 1. The standard InChI is InChI=1S/C12H15ClN4O3/c13-9-4-8(5-10(17(19)20)11(9)16-14)12(18)15-6-7-2-1-3-7/h4-5,7,16H,1-3,6,14H2,(H,15,18). The number of nitro benzene ring substituents is 1. The SMILES string of the molecule is NNc1c(Cl)cc(C(=O)NCC2CCC2)cc1[N+](=O)[O-]. The molecule has 0 atom stereocenters. The molecule has 1 aromatic rings. The number of hydrogen-bond donors (Lipinski definition) is 3. The average Bonchev–Trinajstić information content (AvgIpc) is 2.35. The van der Waals surface area contributed by atoms with Crippen molar-refractivity contribution < 1.29 is 9.72 Å². The summed E-state index contributed by atoms with van der Waals surface area (Å²) in [4.78, 5) is 22.3.